The summed E-state index contributed by atoms with van der Waals surface area (Å²) in [5.74, 6) is 3.69. The molecule has 0 bridgehead atoms. The summed E-state index contributed by atoms with van der Waals surface area (Å²) in [6, 6.07) is 12.5. The van der Waals surface area contributed by atoms with Crippen molar-refractivity contribution < 1.29 is 4.74 Å². The van der Waals surface area contributed by atoms with Crippen LogP contribution < -0.4 is 20.3 Å². The van der Waals surface area contributed by atoms with Crippen molar-refractivity contribution in [2.75, 3.05) is 31.6 Å². The fourth-order valence-corrected chi connectivity index (χ4v) is 3.93. The third-order valence-electron chi connectivity index (χ3n) is 5.81. The van der Waals surface area contributed by atoms with E-state index < -0.39 is 0 Å². The van der Waals surface area contributed by atoms with E-state index in [2.05, 4.69) is 56.7 Å². The summed E-state index contributed by atoms with van der Waals surface area (Å²) in [6.07, 6.45) is 5.54. The monoisotopic (exact) mass is 393 g/mol. The first-order chi connectivity index (χ1) is 14.2. The number of hydrogen-bond acceptors (Lipinski definition) is 4. The second-order valence-corrected chi connectivity index (χ2v) is 8.05. The van der Waals surface area contributed by atoms with Crippen LogP contribution in [-0.2, 0) is 13.0 Å². The van der Waals surface area contributed by atoms with E-state index in [1.54, 1.807) is 7.05 Å². The van der Waals surface area contributed by atoms with Gasteiger partial charge in [0.05, 0.1) is 6.54 Å². The number of piperidine rings is 1. The summed E-state index contributed by atoms with van der Waals surface area (Å²) in [5.41, 5.74) is 2.42. The minimum absolute atomic E-state index is 0.138. The number of pyridine rings is 1. The Hall–Kier alpha value is -2.76. The van der Waals surface area contributed by atoms with Crippen molar-refractivity contribution in [2.24, 2.45) is 10.9 Å². The largest absolute Gasteiger partial charge is 0.488 e. The predicted octanol–water partition coefficient (Wildman–Crippen LogP) is 2.99. The third kappa shape index (κ3) is 5.00. The van der Waals surface area contributed by atoms with Crippen LogP contribution in [0, 0.1) is 5.92 Å². The number of aromatic nitrogens is 1. The van der Waals surface area contributed by atoms with Gasteiger partial charge in [0.1, 0.15) is 17.7 Å². The van der Waals surface area contributed by atoms with E-state index in [1.165, 1.54) is 18.4 Å². The molecule has 6 nitrogen and oxygen atoms in total. The molecule has 0 saturated carbocycles. The second kappa shape index (κ2) is 9.16. The highest BCUT2D eigenvalue weighted by molar-refractivity contribution is 5.79. The topological polar surface area (TPSA) is 61.8 Å². The Balaban J connectivity index is 1.23. The molecule has 2 aromatic rings. The molecule has 0 aliphatic carbocycles. The summed E-state index contributed by atoms with van der Waals surface area (Å²) in [5, 5.41) is 6.73. The van der Waals surface area contributed by atoms with Gasteiger partial charge in [0.2, 0.25) is 0 Å². The molecule has 29 heavy (non-hydrogen) atoms. The highest BCUT2D eigenvalue weighted by Crippen LogP contribution is 2.27. The highest BCUT2D eigenvalue weighted by Gasteiger charge is 2.22. The smallest absolute Gasteiger partial charge is 0.191 e. The van der Waals surface area contributed by atoms with Gasteiger partial charge in [0.15, 0.2) is 5.96 Å². The number of ether oxygens (including phenoxy) is 1. The predicted molar refractivity (Wildman–Crippen MR) is 118 cm³/mol. The maximum Gasteiger partial charge on any atom is 0.191 e. The number of aliphatic imine (C=N–C) groups is 1. The lowest BCUT2D eigenvalue weighted by Crippen LogP contribution is -2.42. The number of benzene rings is 1. The minimum atomic E-state index is 0.138. The molecule has 4 rings (SSSR count). The summed E-state index contributed by atoms with van der Waals surface area (Å²) in [7, 11) is 1.79. The summed E-state index contributed by atoms with van der Waals surface area (Å²) < 4.78 is 5.98. The maximum absolute atomic E-state index is 5.98. The van der Waals surface area contributed by atoms with Crippen molar-refractivity contribution in [1.29, 1.82) is 0 Å². The number of fused-ring (bicyclic) bond motifs is 1. The number of guanidine groups is 1. The van der Waals surface area contributed by atoms with Crippen LogP contribution in [-0.4, -0.2) is 43.7 Å². The molecule has 2 aliphatic rings. The fourth-order valence-electron chi connectivity index (χ4n) is 3.93. The molecule has 0 amide bonds. The lowest BCUT2D eigenvalue weighted by Gasteiger charge is -2.31. The standard InChI is InChI=1S/C23H31N5O/c1-17-9-11-28(12-10-17)22-8-7-18(14-25-22)15-26-23(24-2)27-16-20-13-19-5-3-4-6-21(19)29-20/h3-8,14,17,20H,9-13,15-16H2,1-2H3,(H2,24,26,27). The molecule has 2 aliphatic heterocycles. The molecule has 2 N–H and O–H groups in total. The van der Waals surface area contributed by atoms with Crippen LogP contribution in [0.3, 0.4) is 0 Å². The summed E-state index contributed by atoms with van der Waals surface area (Å²) in [4.78, 5) is 11.4. The van der Waals surface area contributed by atoms with Crippen LogP contribution in [0.2, 0.25) is 0 Å². The van der Waals surface area contributed by atoms with E-state index in [4.69, 9.17) is 4.74 Å². The Kier molecular flexibility index (Phi) is 6.17. The normalized spacial score (nSPS) is 19.6. The molecular weight excluding hydrogens is 362 g/mol. The SMILES string of the molecule is CN=C(NCc1ccc(N2CCC(C)CC2)nc1)NCC1Cc2ccccc2O1. The average molecular weight is 394 g/mol. The Morgan fingerprint density at radius 3 is 2.72 bits per heavy atom. The molecule has 154 valence electrons. The van der Waals surface area contributed by atoms with Gasteiger partial charge >= 0.3 is 0 Å². The quantitative estimate of drug-likeness (QED) is 0.604. The molecule has 1 aromatic heterocycles. The first-order valence-electron chi connectivity index (χ1n) is 10.6. The third-order valence-corrected chi connectivity index (χ3v) is 5.81. The second-order valence-electron chi connectivity index (χ2n) is 8.05. The molecular formula is C23H31N5O. The molecule has 1 fully saturated rings. The number of para-hydroxylation sites is 1. The van der Waals surface area contributed by atoms with Gasteiger partial charge < -0.3 is 20.3 Å². The number of rotatable bonds is 5. The summed E-state index contributed by atoms with van der Waals surface area (Å²) >= 11 is 0. The molecule has 1 saturated heterocycles. The highest BCUT2D eigenvalue weighted by atomic mass is 16.5. The van der Waals surface area contributed by atoms with Gasteiger partial charge in [-0.15, -0.1) is 0 Å². The number of hydrogen-bond donors (Lipinski definition) is 2. The van der Waals surface area contributed by atoms with Crippen LogP contribution >= 0.6 is 0 Å². The van der Waals surface area contributed by atoms with Crippen LogP contribution in [0.25, 0.3) is 0 Å². The zero-order valence-electron chi connectivity index (χ0n) is 17.4. The van der Waals surface area contributed by atoms with Crippen LogP contribution in [0.4, 0.5) is 5.82 Å². The van der Waals surface area contributed by atoms with Gasteiger partial charge in [0.25, 0.3) is 0 Å². The van der Waals surface area contributed by atoms with E-state index in [-0.39, 0.29) is 6.10 Å². The van der Waals surface area contributed by atoms with Gasteiger partial charge in [-0.25, -0.2) is 4.98 Å². The molecule has 0 spiro atoms. The summed E-state index contributed by atoms with van der Waals surface area (Å²) in [6.45, 7) is 5.96. The first kappa shape index (κ1) is 19.6. The van der Waals surface area contributed by atoms with Crippen molar-refractivity contribution in [3.8, 4) is 5.75 Å². The molecule has 1 aromatic carbocycles. The van der Waals surface area contributed by atoms with Crippen molar-refractivity contribution >= 4 is 11.8 Å². The molecule has 1 unspecified atom stereocenters. The first-order valence-corrected chi connectivity index (χ1v) is 10.6. The van der Waals surface area contributed by atoms with Crippen LogP contribution in [0.5, 0.6) is 5.75 Å². The lowest BCUT2D eigenvalue weighted by atomic mass is 9.99. The molecule has 0 radical (unpaired) electrons. The van der Waals surface area contributed by atoms with E-state index >= 15 is 0 Å². The van der Waals surface area contributed by atoms with E-state index in [0.717, 1.165) is 55.1 Å². The molecule has 3 heterocycles. The zero-order chi connectivity index (χ0) is 20.1. The van der Waals surface area contributed by atoms with Gasteiger partial charge in [-0.05, 0) is 42.0 Å². The number of nitrogens with zero attached hydrogens (tertiary/aromatic N) is 3. The number of nitrogens with one attached hydrogen (secondary N) is 2. The van der Waals surface area contributed by atoms with Crippen LogP contribution in [0.15, 0.2) is 47.6 Å². The van der Waals surface area contributed by atoms with Crippen molar-refractivity contribution in [3.63, 3.8) is 0 Å². The Morgan fingerprint density at radius 1 is 1.17 bits per heavy atom. The van der Waals surface area contributed by atoms with E-state index in [0.29, 0.717) is 6.54 Å². The Morgan fingerprint density at radius 2 is 2.00 bits per heavy atom. The maximum atomic E-state index is 5.98. The minimum Gasteiger partial charge on any atom is -0.488 e. The van der Waals surface area contributed by atoms with E-state index in [9.17, 15) is 0 Å². The molecule has 1 atom stereocenters. The Labute approximate surface area is 173 Å². The van der Waals surface area contributed by atoms with Crippen molar-refractivity contribution in [3.05, 3.63) is 53.7 Å². The van der Waals surface area contributed by atoms with Crippen LogP contribution in [0.1, 0.15) is 30.9 Å². The fraction of sp³-hybridized carbons (Fsp3) is 0.478. The van der Waals surface area contributed by atoms with Gasteiger partial charge in [-0.1, -0.05) is 31.2 Å². The molecule has 6 heteroatoms. The van der Waals surface area contributed by atoms with Gasteiger partial charge in [0, 0.05) is 39.3 Å². The zero-order valence-corrected chi connectivity index (χ0v) is 17.4. The lowest BCUT2D eigenvalue weighted by molar-refractivity contribution is 0.235. The van der Waals surface area contributed by atoms with Gasteiger partial charge in [-0.2, -0.15) is 0 Å². The average Bonchev–Trinajstić information content (AvgIpc) is 3.18. The Bertz CT molecular complexity index is 802. The van der Waals surface area contributed by atoms with Gasteiger partial charge in [-0.3, -0.25) is 4.99 Å². The number of anilines is 1. The van der Waals surface area contributed by atoms with Crippen molar-refractivity contribution in [2.45, 2.75) is 38.8 Å². The van der Waals surface area contributed by atoms with Crippen molar-refractivity contribution in [1.82, 2.24) is 15.6 Å². The van der Waals surface area contributed by atoms with E-state index in [1.807, 2.05) is 18.3 Å².